The number of nitrogens with one attached hydrogen (secondary N) is 1. The van der Waals surface area contributed by atoms with Crippen LogP contribution in [0.4, 0.5) is 5.69 Å². The summed E-state index contributed by atoms with van der Waals surface area (Å²) >= 11 is 0. The highest BCUT2D eigenvalue weighted by Crippen LogP contribution is 2.41. The molecule has 1 aliphatic carbocycles. The third-order valence-electron chi connectivity index (χ3n) is 7.49. The summed E-state index contributed by atoms with van der Waals surface area (Å²) in [4.78, 5) is 27.9. The normalized spacial score (nSPS) is 16.5. The third kappa shape index (κ3) is 5.46. The molecule has 1 aromatic heterocycles. The third-order valence-corrected chi connectivity index (χ3v) is 7.49. The van der Waals surface area contributed by atoms with E-state index in [0.29, 0.717) is 17.2 Å². The van der Waals surface area contributed by atoms with Crippen molar-refractivity contribution in [1.82, 2.24) is 4.90 Å². The number of furan rings is 1. The van der Waals surface area contributed by atoms with E-state index in [9.17, 15) is 9.59 Å². The predicted octanol–water partition coefficient (Wildman–Crippen LogP) is 6.61. The molecule has 0 radical (unpaired) electrons. The molecular formula is C33H32N2O4. The van der Waals surface area contributed by atoms with Gasteiger partial charge in [0.05, 0.1) is 6.04 Å². The second kappa shape index (κ2) is 10.4. The van der Waals surface area contributed by atoms with Gasteiger partial charge in [-0.1, -0.05) is 53.6 Å². The van der Waals surface area contributed by atoms with Crippen molar-refractivity contribution in [2.75, 3.05) is 11.9 Å². The molecule has 2 heterocycles. The Kier molecular flexibility index (Phi) is 6.69. The molecule has 6 heteroatoms. The van der Waals surface area contributed by atoms with Crippen LogP contribution in [0.25, 0.3) is 0 Å². The second-order valence-corrected chi connectivity index (χ2v) is 10.6. The Hall–Kier alpha value is -4.32. The van der Waals surface area contributed by atoms with Crippen LogP contribution in [-0.4, -0.2) is 23.3 Å². The van der Waals surface area contributed by atoms with Crippen molar-refractivity contribution >= 4 is 17.5 Å². The van der Waals surface area contributed by atoms with Gasteiger partial charge in [0.15, 0.2) is 5.76 Å². The van der Waals surface area contributed by atoms with Crippen LogP contribution in [0.2, 0.25) is 0 Å². The number of carbonyl (C=O) groups is 2. The van der Waals surface area contributed by atoms with Gasteiger partial charge in [-0.3, -0.25) is 9.59 Å². The van der Waals surface area contributed by atoms with Gasteiger partial charge in [0.25, 0.3) is 5.91 Å². The lowest BCUT2D eigenvalue weighted by Gasteiger charge is -2.38. The number of benzene rings is 3. The Morgan fingerprint density at radius 2 is 1.77 bits per heavy atom. The Balaban J connectivity index is 1.19. The average Bonchev–Trinajstić information content (AvgIpc) is 3.69. The monoisotopic (exact) mass is 520 g/mol. The van der Waals surface area contributed by atoms with Gasteiger partial charge in [-0.25, -0.2) is 0 Å². The van der Waals surface area contributed by atoms with E-state index in [-0.39, 0.29) is 36.1 Å². The number of aryl methyl sites for hydroxylation is 2. The number of anilines is 1. The highest BCUT2D eigenvalue weighted by molar-refractivity contribution is 6.02. The van der Waals surface area contributed by atoms with Crippen molar-refractivity contribution in [3.63, 3.8) is 0 Å². The number of ether oxygens (including phenoxy) is 1. The number of hydrogen-bond acceptors (Lipinski definition) is 4. The highest BCUT2D eigenvalue weighted by atomic mass is 16.5. The van der Waals surface area contributed by atoms with Crippen LogP contribution in [0, 0.1) is 19.8 Å². The van der Waals surface area contributed by atoms with Crippen LogP contribution in [0.3, 0.4) is 0 Å². The molecule has 1 fully saturated rings. The molecule has 1 saturated carbocycles. The molecule has 0 saturated heterocycles. The first-order valence-corrected chi connectivity index (χ1v) is 13.5. The van der Waals surface area contributed by atoms with Gasteiger partial charge in [-0.15, -0.1) is 0 Å². The molecule has 6 rings (SSSR count). The van der Waals surface area contributed by atoms with Crippen LogP contribution >= 0.6 is 0 Å². The number of hydrogen-bond donors (Lipinski definition) is 1. The molecule has 1 atom stereocenters. The van der Waals surface area contributed by atoms with Crippen molar-refractivity contribution in [3.05, 3.63) is 118 Å². The van der Waals surface area contributed by atoms with E-state index >= 15 is 0 Å². The topological polar surface area (TPSA) is 71.8 Å². The molecule has 1 N–H and O–H groups in total. The zero-order valence-corrected chi connectivity index (χ0v) is 22.3. The summed E-state index contributed by atoms with van der Waals surface area (Å²) in [6.07, 6.45) is 2.80. The van der Waals surface area contributed by atoms with Crippen molar-refractivity contribution in [2.24, 2.45) is 5.92 Å². The summed E-state index contributed by atoms with van der Waals surface area (Å²) in [6, 6.07) is 25.5. The first-order valence-electron chi connectivity index (χ1n) is 13.5. The van der Waals surface area contributed by atoms with Crippen molar-refractivity contribution < 1.29 is 18.7 Å². The van der Waals surface area contributed by atoms with Gasteiger partial charge in [0.2, 0.25) is 5.91 Å². The standard InChI is InChI=1S/C33H32N2O4/c1-21-6-11-26(12-7-21)34-32(36)30-15-14-28(39-30)20-38-27-13-10-23-16-17-35(33(37)24-8-9-24)31(29(23)19-27)25-5-3-4-22(2)18-25/h3-7,10-15,18-19,24,31H,8-9,16-17,20H2,1-2H3,(H,34,36). The van der Waals surface area contributed by atoms with Gasteiger partial charge in [-0.05, 0) is 86.2 Å². The van der Waals surface area contributed by atoms with Crippen LogP contribution in [0.15, 0.2) is 83.3 Å². The van der Waals surface area contributed by atoms with Crippen LogP contribution in [-0.2, 0) is 17.8 Å². The number of fused-ring (bicyclic) bond motifs is 1. The molecule has 6 nitrogen and oxygen atoms in total. The number of nitrogens with zero attached hydrogens (tertiary/aromatic N) is 1. The molecule has 39 heavy (non-hydrogen) atoms. The predicted molar refractivity (Wildman–Crippen MR) is 150 cm³/mol. The first kappa shape index (κ1) is 25.0. The van der Waals surface area contributed by atoms with Crippen LogP contribution in [0.5, 0.6) is 5.75 Å². The van der Waals surface area contributed by atoms with Gasteiger partial charge < -0.3 is 19.4 Å². The summed E-state index contributed by atoms with van der Waals surface area (Å²) in [5.74, 6) is 1.60. The Morgan fingerprint density at radius 3 is 2.54 bits per heavy atom. The Morgan fingerprint density at radius 1 is 0.949 bits per heavy atom. The number of amides is 2. The maximum absolute atomic E-state index is 13.3. The minimum Gasteiger partial charge on any atom is -0.486 e. The molecule has 1 aliphatic heterocycles. The zero-order chi connectivity index (χ0) is 26.9. The lowest BCUT2D eigenvalue weighted by molar-refractivity contribution is -0.134. The van der Waals surface area contributed by atoms with E-state index in [1.165, 1.54) is 11.1 Å². The highest BCUT2D eigenvalue weighted by Gasteiger charge is 2.39. The van der Waals surface area contributed by atoms with Gasteiger partial charge in [-0.2, -0.15) is 0 Å². The second-order valence-electron chi connectivity index (χ2n) is 10.6. The van der Waals surface area contributed by atoms with Crippen LogP contribution in [0.1, 0.15) is 63.0 Å². The fraction of sp³-hybridized carbons (Fsp3) is 0.273. The largest absolute Gasteiger partial charge is 0.486 e. The van der Waals surface area contributed by atoms with Gasteiger partial charge in [0.1, 0.15) is 18.1 Å². The average molecular weight is 521 g/mol. The van der Waals surface area contributed by atoms with E-state index in [4.69, 9.17) is 9.15 Å². The molecule has 0 spiro atoms. The first-order chi connectivity index (χ1) is 18.9. The number of carbonyl (C=O) groups excluding carboxylic acids is 2. The summed E-state index contributed by atoms with van der Waals surface area (Å²) in [5, 5.41) is 2.85. The molecule has 1 unspecified atom stereocenters. The maximum Gasteiger partial charge on any atom is 0.291 e. The van der Waals surface area contributed by atoms with Crippen molar-refractivity contribution in [3.8, 4) is 5.75 Å². The summed E-state index contributed by atoms with van der Waals surface area (Å²) in [7, 11) is 0. The van der Waals surface area contributed by atoms with Crippen molar-refractivity contribution in [1.29, 1.82) is 0 Å². The minimum atomic E-state index is -0.305. The maximum atomic E-state index is 13.3. The smallest absolute Gasteiger partial charge is 0.291 e. The molecule has 4 aromatic rings. The minimum absolute atomic E-state index is 0.133. The fourth-order valence-corrected chi connectivity index (χ4v) is 5.25. The molecule has 3 aromatic carbocycles. The quantitative estimate of drug-likeness (QED) is 0.298. The van der Waals surface area contributed by atoms with E-state index in [2.05, 4.69) is 53.5 Å². The van der Waals surface area contributed by atoms with Gasteiger partial charge >= 0.3 is 0 Å². The molecule has 198 valence electrons. The molecule has 0 bridgehead atoms. The number of rotatable bonds is 7. The van der Waals surface area contributed by atoms with Crippen molar-refractivity contribution in [2.45, 2.75) is 45.8 Å². The zero-order valence-electron chi connectivity index (χ0n) is 22.3. The Labute approximate surface area is 228 Å². The SMILES string of the molecule is Cc1ccc(NC(=O)c2ccc(COc3ccc4c(c3)C(c3cccc(C)c3)N(C(=O)C3CC3)CC4)o2)cc1. The summed E-state index contributed by atoms with van der Waals surface area (Å²) in [5.41, 5.74) is 6.48. The van der Waals surface area contributed by atoms with E-state index < -0.39 is 0 Å². The molecular weight excluding hydrogens is 488 g/mol. The van der Waals surface area contributed by atoms with E-state index in [1.807, 2.05) is 37.3 Å². The van der Waals surface area contributed by atoms with Crippen LogP contribution < -0.4 is 10.1 Å². The summed E-state index contributed by atoms with van der Waals surface area (Å²) in [6.45, 7) is 5.00. The lowest BCUT2D eigenvalue weighted by Crippen LogP contribution is -2.41. The van der Waals surface area contributed by atoms with E-state index in [0.717, 1.165) is 42.5 Å². The summed E-state index contributed by atoms with van der Waals surface area (Å²) < 4.78 is 11.9. The lowest BCUT2D eigenvalue weighted by atomic mass is 9.87. The molecule has 2 amide bonds. The van der Waals surface area contributed by atoms with E-state index in [1.54, 1.807) is 12.1 Å². The Bertz CT molecular complexity index is 1520. The fourth-order valence-electron chi connectivity index (χ4n) is 5.25. The van der Waals surface area contributed by atoms with Gasteiger partial charge in [0, 0.05) is 18.2 Å². The molecule has 2 aliphatic rings.